The summed E-state index contributed by atoms with van der Waals surface area (Å²) in [6.45, 7) is 2.33. The first kappa shape index (κ1) is 11.7. The SMILES string of the molecule is O=C(Cn1cccn1)N(CC1CCCN1)C1CC1. The van der Waals surface area contributed by atoms with Crippen LogP contribution in [0.5, 0.6) is 0 Å². The Morgan fingerprint density at radius 3 is 2.94 bits per heavy atom. The first-order valence-electron chi connectivity index (χ1n) is 6.83. The zero-order valence-electron chi connectivity index (χ0n) is 10.6. The first-order chi connectivity index (χ1) is 8.83. The molecule has 1 aliphatic heterocycles. The van der Waals surface area contributed by atoms with Crippen LogP contribution in [0.2, 0.25) is 0 Å². The van der Waals surface area contributed by atoms with Crippen LogP contribution < -0.4 is 5.32 Å². The van der Waals surface area contributed by atoms with E-state index in [1.165, 1.54) is 12.8 Å². The standard InChI is InChI=1S/C13H20N4O/c18-13(10-16-8-2-7-15-16)17(12-4-5-12)9-11-3-1-6-14-11/h2,7-8,11-12,14H,1,3-6,9-10H2. The second-order valence-electron chi connectivity index (χ2n) is 5.27. The van der Waals surface area contributed by atoms with Gasteiger partial charge in [0, 0.05) is 31.0 Å². The molecule has 18 heavy (non-hydrogen) atoms. The number of nitrogens with one attached hydrogen (secondary N) is 1. The number of hydrogen-bond acceptors (Lipinski definition) is 3. The maximum absolute atomic E-state index is 12.3. The Balaban J connectivity index is 1.59. The highest BCUT2D eigenvalue weighted by molar-refractivity contribution is 5.76. The average Bonchev–Trinajstić information content (AvgIpc) is 2.87. The lowest BCUT2D eigenvalue weighted by Crippen LogP contribution is -2.43. The zero-order valence-corrected chi connectivity index (χ0v) is 10.6. The molecule has 1 aromatic heterocycles. The monoisotopic (exact) mass is 248 g/mol. The van der Waals surface area contributed by atoms with Crippen LogP contribution in [0.25, 0.3) is 0 Å². The van der Waals surface area contributed by atoms with E-state index >= 15 is 0 Å². The summed E-state index contributed by atoms with van der Waals surface area (Å²) >= 11 is 0. The van der Waals surface area contributed by atoms with Crippen molar-refractivity contribution in [3.05, 3.63) is 18.5 Å². The fourth-order valence-electron chi connectivity index (χ4n) is 2.61. The van der Waals surface area contributed by atoms with Crippen molar-refractivity contribution in [2.45, 2.75) is 44.3 Å². The van der Waals surface area contributed by atoms with Gasteiger partial charge in [-0.25, -0.2) is 0 Å². The predicted molar refractivity (Wildman–Crippen MR) is 68.0 cm³/mol. The molecule has 5 nitrogen and oxygen atoms in total. The minimum Gasteiger partial charge on any atom is -0.337 e. The van der Waals surface area contributed by atoms with Gasteiger partial charge < -0.3 is 10.2 Å². The van der Waals surface area contributed by atoms with Gasteiger partial charge in [0.05, 0.1) is 0 Å². The van der Waals surface area contributed by atoms with E-state index in [-0.39, 0.29) is 5.91 Å². The third kappa shape index (κ3) is 2.72. The highest BCUT2D eigenvalue weighted by atomic mass is 16.2. The normalized spacial score (nSPS) is 23.2. The Morgan fingerprint density at radius 1 is 1.44 bits per heavy atom. The van der Waals surface area contributed by atoms with Crippen molar-refractivity contribution >= 4 is 5.91 Å². The van der Waals surface area contributed by atoms with E-state index in [9.17, 15) is 4.79 Å². The molecule has 1 atom stereocenters. The molecule has 1 amide bonds. The highest BCUT2D eigenvalue weighted by Crippen LogP contribution is 2.28. The van der Waals surface area contributed by atoms with Crippen molar-refractivity contribution in [3.63, 3.8) is 0 Å². The molecule has 0 aromatic carbocycles. The van der Waals surface area contributed by atoms with E-state index in [1.54, 1.807) is 10.9 Å². The molecule has 2 fully saturated rings. The van der Waals surface area contributed by atoms with Gasteiger partial charge in [0.1, 0.15) is 6.54 Å². The first-order valence-corrected chi connectivity index (χ1v) is 6.83. The Labute approximate surface area is 107 Å². The van der Waals surface area contributed by atoms with Crippen molar-refractivity contribution in [1.29, 1.82) is 0 Å². The van der Waals surface area contributed by atoms with Crippen molar-refractivity contribution in [3.8, 4) is 0 Å². The van der Waals surface area contributed by atoms with E-state index in [0.29, 0.717) is 18.6 Å². The van der Waals surface area contributed by atoms with Crippen molar-refractivity contribution in [1.82, 2.24) is 20.0 Å². The van der Waals surface area contributed by atoms with Crippen LogP contribution in [0.3, 0.4) is 0 Å². The summed E-state index contributed by atoms with van der Waals surface area (Å²) < 4.78 is 1.71. The number of nitrogens with zero attached hydrogens (tertiary/aromatic N) is 3. The van der Waals surface area contributed by atoms with Gasteiger partial charge in [0.25, 0.3) is 0 Å². The zero-order chi connectivity index (χ0) is 12.4. The number of rotatable bonds is 5. The van der Waals surface area contributed by atoms with Gasteiger partial charge in [0.15, 0.2) is 0 Å². The van der Waals surface area contributed by atoms with Gasteiger partial charge in [-0.3, -0.25) is 9.48 Å². The molecular weight excluding hydrogens is 228 g/mol. The van der Waals surface area contributed by atoms with Gasteiger partial charge in [0.2, 0.25) is 5.91 Å². The van der Waals surface area contributed by atoms with Crippen molar-refractivity contribution in [2.75, 3.05) is 13.1 Å². The average molecular weight is 248 g/mol. The van der Waals surface area contributed by atoms with Crippen molar-refractivity contribution < 1.29 is 4.79 Å². The fraction of sp³-hybridized carbons (Fsp3) is 0.692. The second-order valence-corrected chi connectivity index (χ2v) is 5.27. The van der Waals surface area contributed by atoms with Gasteiger partial charge in [-0.2, -0.15) is 5.10 Å². The van der Waals surface area contributed by atoms with Crippen LogP contribution >= 0.6 is 0 Å². The lowest BCUT2D eigenvalue weighted by Gasteiger charge is -2.25. The quantitative estimate of drug-likeness (QED) is 0.831. The van der Waals surface area contributed by atoms with Gasteiger partial charge in [-0.15, -0.1) is 0 Å². The highest BCUT2D eigenvalue weighted by Gasteiger charge is 2.34. The minimum atomic E-state index is 0.204. The van der Waals surface area contributed by atoms with E-state index in [0.717, 1.165) is 25.9 Å². The largest absolute Gasteiger partial charge is 0.337 e. The van der Waals surface area contributed by atoms with Gasteiger partial charge in [-0.05, 0) is 38.3 Å². The minimum absolute atomic E-state index is 0.204. The Bertz CT molecular complexity index is 393. The number of aromatic nitrogens is 2. The lowest BCUT2D eigenvalue weighted by atomic mass is 10.2. The molecule has 1 unspecified atom stereocenters. The lowest BCUT2D eigenvalue weighted by molar-refractivity contribution is -0.133. The number of hydrogen-bond donors (Lipinski definition) is 1. The fourth-order valence-corrected chi connectivity index (χ4v) is 2.61. The Kier molecular flexibility index (Phi) is 3.32. The molecule has 0 radical (unpaired) electrons. The molecule has 5 heteroatoms. The second kappa shape index (κ2) is 5.10. The third-order valence-corrected chi connectivity index (χ3v) is 3.74. The topological polar surface area (TPSA) is 50.2 Å². The molecule has 1 aliphatic carbocycles. The molecule has 3 rings (SSSR count). The van der Waals surface area contributed by atoms with E-state index in [4.69, 9.17) is 0 Å². The van der Waals surface area contributed by atoms with Crippen LogP contribution in [0.15, 0.2) is 18.5 Å². The predicted octanol–water partition coefficient (Wildman–Crippen LogP) is 0.626. The summed E-state index contributed by atoms with van der Waals surface area (Å²) in [5, 5.41) is 7.57. The number of carbonyl (C=O) groups is 1. The van der Waals surface area contributed by atoms with Crippen LogP contribution in [0.4, 0.5) is 0 Å². The Morgan fingerprint density at radius 2 is 2.33 bits per heavy atom. The summed E-state index contributed by atoms with van der Waals surface area (Å²) in [6, 6.07) is 2.83. The molecule has 1 N–H and O–H groups in total. The van der Waals surface area contributed by atoms with E-state index in [2.05, 4.69) is 15.3 Å². The summed E-state index contributed by atoms with van der Waals surface area (Å²) in [6.07, 6.45) is 8.31. The Hall–Kier alpha value is -1.36. The molecule has 98 valence electrons. The molecule has 0 spiro atoms. The van der Waals surface area contributed by atoms with Crippen LogP contribution in [0.1, 0.15) is 25.7 Å². The van der Waals surface area contributed by atoms with E-state index < -0.39 is 0 Å². The van der Waals surface area contributed by atoms with Crippen LogP contribution in [-0.2, 0) is 11.3 Å². The van der Waals surface area contributed by atoms with Crippen molar-refractivity contribution in [2.24, 2.45) is 0 Å². The number of amides is 1. The van der Waals surface area contributed by atoms with Crippen LogP contribution in [0, 0.1) is 0 Å². The third-order valence-electron chi connectivity index (χ3n) is 3.74. The summed E-state index contributed by atoms with van der Waals surface area (Å²) in [7, 11) is 0. The van der Waals surface area contributed by atoms with Gasteiger partial charge in [-0.1, -0.05) is 0 Å². The molecule has 0 bridgehead atoms. The van der Waals surface area contributed by atoms with Gasteiger partial charge >= 0.3 is 0 Å². The number of carbonyl (C=O) groups excluding carboxylic acids is 1. The summed E-state index contributed by atoms with van der Waals surface area (Å²) in [5.74, 6) is 0.204. The maximum atomic E-state index is 12.3. The molecular formula is C13H20N4O. The maximum Gasteiger partial charge on any atom is 0.244 e. The van der Waals surface area contributed by atoms with E-state index in [1.807, 2.05) is 12.3 Å². The summed E-state index contributed by atoms with van der Waals surface area (Å²) in [5.41, 5.74) is 0. The molecule has 2 heterocycles. The molecule has 1 saturated heterocycles. The smallest absolute Gasteiger partial charge is 0.244 e. The summed E-state index contributed by atoms with van der Waals surface area (Å²) in [4.78, 5) is 14.4. The molecule has 1 aromatic rings. The molecule has 2 aliphatic rings. The van der Waals surface area contributed by atoms with Crippen LogP contribution in [-0.4, -0.2) is 45.8 Å². The molecule has 1 saturated carbocycles.